The monoisotopic (exact) mass is 1660 g/mol. The second kappa shape index (κ2) is 43.7. The minimum atomic E-state index is -1.60. The fraction of sp³-hybridized carbons (Fsp3) is 0.941. The largest absolute Gasteiger partial charge is 0.459 e. The Morgan fingerprint density at radius 2 is 0.888 bits per heavy atom. The summed E-state index contributed by atoms with van der Waals surface area (Å²) in [5, 5.41) is 69.9. The Balaban J connectivity index is 0.000000415. The number of carbonyl (C=O) groups is 4. The molecule has 0 aromatic heterocycles. The first-order valence-corrected chi connectivity index (χ1v) is 42.2. The van der Waals surface area contributed by atoms with E-state index >= 15 is 0 Å². The van der Waals surface area contributed by atoms with Crippen LogP contribution in [0.25, 0.3) is 0 Å². The highest BCUT2D eigenvalue weighted by molar-refractivity contribution is 5.73. The van der Waals surface area contributed by atoms with Crippen molar-refractivity contribution in [3.05, 3.63) is 0 Å². The van der Waals surface area contributed by atoms with Gasteiger partial charge in [0, 0.05) is 92.1 Å². The second-order valence-electron chi connectivity index (χ2n) is 36.7. The zero-order valence-electron chi connectivity index (χ0n) is 76.4. The number of nitriles is 1. The highest BCUT2D eigenvalue weighted by Crippen LogP contribution is 2.45. The van der Waals surface area contributed by atoms with Gasteiger partial charge in [-0.1, -0.05) is 41.5 Å². The van der Waals surface area contributed by atoms with Crippen molar-refractivity contribution in [2.45, 2.75) is 391 Å². The molecular weight excluding hydrogens is 1510 g/mol. The molecule has 5 N–H and O–H groups in total. The fourth-order valence-electron chi connectivity index (χ4n) is 19.4. The Hall–Kier alpha value is -3.51. The maximum atomic E-state index is 14.6. The first-order chi connectivity index (χ1) is 53.7. The average molecular weight is 1660 g/mol. The average Bonchev–Trinajstić information content (AvgIpc) is 1.04. The van der Waals surface area contributed by atoms with Crippen molar-refractivity contribution in [1.82, 2.24) is 19.6 Å². The quantitative estimate of drug-likeness (QED) is 0.0431. The van der Waals surface area contributed by atoms with E-state index in [9.17, 15) is 44.7 Å². The van der Waals surface area contributed by atoms with Crippen molar-refractivity contribution in [1.29, 1.82) is 5.26 Å². The minimum Gasteiger partial charge on any atom is -0.459 e. The molecule has 0 radical (unpaired) electrons. The van der Waals surface area contributed by atoms with Gasteiger partial charge in [-0.25, -0.2) is 0 Å². The standard InChI is InChI=1S/C44H79N3O13.C41H76N2O13/c1-17-33-44(11,51)38(52-15)29(6)47(14)24-25(2)22-42(9,50)37(60-41-36(57-31(8)48)32(46(12)13)21-26(3)55-41)27(4)35(28(5)40(49)58-33)59-34-23-43(10,53-16)39(30(7)56-34)54-20-18-19-45;1-17-30-41(11,48)36(49-15)26(6)43(14)21-22(2)19-39(9,47)35(56-38-33(53-28(8)44)29(42(12)13)18-23(3)51-38)24(4)32(25(5)37(46)54-30)55-31-20-40(10,50-16)34(45)27(7)52-31/h25-30,32-39,41,50-51H,17-18,20-24H2,1-16H3;22-27,29-36,38,45,47-48H,17-21H2,1-16H3/t25-,26-,27+,28-,29-,30+,32+,33-,34+,35+,36-,37-,38-,39?,41+,42-,43-,44-;22-,23-,24+,25-,26-,27+,29+,30-,31+,32+,33-,34?,35-,36-,38+,39-,40-,41-/m11/s1. The molecular formula is C85H155N5O26. The smallest absolute Gasteiger partial charge is 0.311 e. The van der Waals surface area contributed by atoms with Gasteiger partial charge in [0.25, 0.3) is 0 Å². The van der Waals surface area contributed by atoms with Crippen LogP contribution in [0, 0.1) is 46.8 Å². The number of likely N-dealkylation sites (N-methyl/N-ethyl adjacent to an activating group) is 4. The van der Waals surface area contributed by atoms with Gasteiger partial charge in [-0.15, -0.1) is 0 Å². The highest BCUT2D eigenvalue weighted by Gasteiger charge is 2.58. The number of rotatable bonds is 21. The Morgan fingerprint density at radius 1 is 0.526 bits per heavy atom. The molecule has 0 spiro atoms. The summed E-state index contributed by atoms with van der Waals surface area (Å²) in [6.45, 7) is 40.4. The molecule has 31 nitrogen and oxygen atoms in total. The molecule has 0 aromatic carbocycles. The number of cyclic esters (lactones) is 2. The maximum Gasteiger partial charge on any atom is 0.311 e. The van der Waals surface area contributed by atoms with Crippen LogP contribution in [0.3, 0.4) is 0 Å². The number of esters is 4. The molecule has 6 heterocycles. The Morgan fingerprint density at radius 3 is 1.22 bits per heavy atom. The van der Waals surface area contributed by atoms with E-state index in [1.807, 2.05) is 135 Å². The number of methoxy groups -OCH3 is 4. The lowest BCUT2D eigenvalue weighted by molar-refractivity contribution is -0.321. The molecule has 31 heteroatoms. The van der Waals surface area contributed by atoms with Crippen molar-refractivity contribution in [2.24, 2.45) is 35.5 Å². The van der Waals surface area contributed by atoms with Gasteiger partial charge in [0.05, 0.1) is 114 Å². The van der Waals surface area contributed by atoms with Crippen LogP contribution in [0.5, 0.6) is 0 Å². The zero-order chi connectivity index (χ0) is 88.2. The van der Waals surface area contributed by atoms with Crippen molar-refractivity contribution in [2.75, 3.05) is 90.4 Å². The number of aliphatic hydroxyl groups is 5. The van der Waals surface area contributed by atoms with E-state index in [1.165, 1.54) is 35.2 Å². The van der Waals surface area contributed by atoms with E-state index in [4.69, 9.17) is 85.8 Å². The molecule has 6 rings (SSSR count). The predicted molar refractivity (Wildman–Crippen MR) is 431 cm³/mol. The van der Waals surface area contributed by atoms with E-state index in [2.05, 4.69) is 15.9 Å². The second-order valence-corrected chi connectivity index (χ2v) is 36.7. The molecule has 0 amide bonds. The third-order valence-corrected chi connectivity index (χ3v) is 25.9. The van der Waals surface area contributed by atoms with Crippen LogP contribution in [0.4, 0.5) is 0 Å². The molecule has 36 atom stereocenters. The number of aliphatic hydroxyl groups excluding tert-OH is 1. The van der Waals surface area contributed by atoms with Crippen molar-refractivity contribution in [3.8, 4) is 6.07 Å². The topological polar surface area (TPSA) is 363 Å². The van der Waals surface area contributed by atoms with Crippen LogP contribution < -0.4 is 0 Å². The summed E-state index contributed by atoms with van der Waals surface area (Å²) < 4.78 is 107. The molecule has 0 saturated carbocycles. The third kappa shape index (κ3) is 25.6. The summed E-state index contributed by atoms with van der Waals surface area (Å²) in [5.74, 6) is -6.04. The fourth-order valence-corrected chi connectivity index (χ4v) is 19.4. The number of hydrogen-bond acceptors (Lipinski definition) is 31. The lowest BCUT2D eigenvalue weighted by Crippen LogP contribution is -2.61. The van der Waals surface area contributed by atoms with Crippen molar-refractivity contribution >= 4 is 23.9 Å². The van der Waals surface area contributed by atoms with E-state index in [0.717, 1.165) is 0 Å². The number of carbonyl (C=O) groups excluding carboxylic acids is 4. The summed E-state index contributed by atoms with van der Waals surface area (Å²) in [6, 6.07) is 0.937. The minimum absolute atomic E-state index is 0.114. The van der Waals surface area contributed by atoms with Crippen LogP contribution in [0.1, 0.15) is 210 Å². The number of ether oxygens (including phenoxy) is 17. The van der Waals surface area contributed by atoms with Crippen LogP contribution >= 0.6 is 0 Å². The van der Waals surface area contributed by atoms with Gasteiger partial charge < -0.3 is 126 Å². The van der Waals surface area contributed by atoms with E-state index in [1.54, 1.807) is 62.5 Å². The molecule has 0 bridgehead atoms. The molecule has 0 aromatic rings. The Labute approximate surface area is 693 Å². The van der Waals surface area contributed by atoms with Gasteiger partial charge in [0.2, 0.25) is 0 Å². The number of hydrogen-bond donors (Lipinski definition) is 5. The van der Waals surface area contributed by atoms with Gasteiger partial charge in [-0.3, -0.25) is 19.2 Å². The molecule has 6 saturated heterocycles. The maximum absolute atomic E-state index is 14.6. The Bertz CT molecular complexity index is 3070. The van der Waals surface area contributed by atoms with Gasteiger partial charge in [0.15, 0.2) is 37.4 Å². The molecule has 116 heavy (non-hydrogen) atoms. The van der Waals surface area contributed by atoms with Gasteiger partial charge in [-0.2, -0.15) is 5.26 Å². The van der Waals surface area contributed by atoms with E-state index in [0.29, 0.717) is 38.8 Å². The lowest BCUT2D eigenvalue weighted by atomic mass is 9.77. The normalized spacial score (nSPS) is 45.5. The SMILES string of the molecule is CC[C@H]1OC(=O)[C@H](C)[C@@H](O[C@H]2C[C@@](C)(OC)C(O)[C@H](C)O2)[C@H](C)[C@@H](O[C@@H]2O[C@H](C)C[C@H](N(C)C)[C@H]2OC(C)=O)[C@](C)(O)C[C@@H](C)CN(C)[C@H](C)[C@@H](OC)[C@]1(C)O.CC[C@H]1OC(=O)[C@H](C)[C@@H](O[C@H]2C[C@@](C)(OC)C(OCCC#N)[C@H](C)O2)[C@H](C)[C@@H](O[C@@H]2O[C@H](C)C[C@H](N(C)C)[C@H]2OC(C)=O)[C@](C)(O)C[C@@H](C)CN(C)[C@H](C)[C@@H](OC)[C@]1(C)O. The van der Waals surface area contributed by atoms with Crippen molar-refractivity contribution < 1.29 is 125 Å². The Kier molecular flexibility index (Phi) is 38.8. The summed E-state index contributed by atoms with van der Waals surface area (Å²) in [7, 11) is 17.7. The van der Waals surface area contributed by atoms with Gasteiger partial charge >= 0.3 is 23.9 Å². The molecule has 6 aliphatic heterocycles. The summed E-state index contributed by atoms with van der Waals surface area (Å²) in [5.41, 5.74) is -8.26. The summed E-state index contributed by atoms with van der Waals surface area (Å²) in [4.78, 5) is 62.2. The molecule has 676 valence electrons. The summed E-state index contributed by atoms with van der Waals surface area (Å²) >= 11 is 0. The molecule has 6 fully saturated rings. The summed E-state index contributed by atoms with van der Waals surface area (Å²) in [6.07, 6.45) is -13.8. The zero-order valence-corrected chi connectivity index (χ0v) is 76.4. The molecule has 6 aliphatic rings. The van der Waals surface area contributed by atoms with Crippen LogP contribution in [-0.2, 0) is 99.7 Å². The van der Waals surface area contributed by atoms with Crippen LogP contribution in [-0.4, -0.2) is 340 Å². The predicted octanol–water partition coefficient (Wildman–Crippen LogP) is 7.19. The van der Waals surface area contributed by atoms with Crippen LogP contribution in [0.15, 0.2) is 0 Å². The third-order valence-electron chi connectivity index (χ3n) is 25.9. The van der Waals surface area contributed by atoms with E-state index < -0.39 is 192 Å². The molecule has 0 aliphatic carbocycles. The first-order valence-electron chi connectivity index (χ1n) is 42.2. The number of nitrogens with zero attached hydrogens (tertiary/aromatic N) is 5. The van der Waals surface area contributed by atoms with Gasteiger partial charge in [0.1, 0.15) is 47.8 Å². The van der Waals surface area contributed by atoms with Crippen molar-refractivity contribution in [3.63, 3.8) is 0 Å². The first kappa shape index (κ1) is 103. The molecule has 2 unspecified atom stereocenters. The van der Waals surface area contributed by atoms with Gasteiger partial charge in [-0.05, 0) is 190 Å². The van der Waals surface area contributed by atoms with Crippen LogP contribution in [0.2, 0.25) is 0 Å². The highest BCUT2D eigenvalue weighted by atomic mass is 16.7. The lowest BCUT2D eigenvalue weighted by Gasteiger charge is -2.49. The van der Waals surface area contributed by atoms with E-state index in [-0.39, 0.29) is 86.9 Å².